The van der Waals surface area contributed by atoms with E-state index in [1.807, 2.05) is 67.6 Å². The molecular formula is C29H29NO4. The molecule has 3 aromatic rings. The average Bonchev–Trinajstić information content (AvgIpc) is 2.87. The lowest BCUT2D eigenvalue weighted by atomic mass is 10.0. The number of carbonyl (C=O) groups excluding carboxylic acids is 2. The Bertz CT molecular complexity index is 1170. The van der Waals surface area contributed by atoms with Crippen LogP contribution in [0.5, 0.6) is 11.5 Å². The van der Waals surface area contributed by atoms with Gasteiger partial charge in [-0.1, -0.05) is 67.2 Å². The van der Waals surface area contributed by atoms with Crippen LogP contribution in [0, 0.1) is 0 Å². The number of allylic oxidation sites excluding steroid dienone is 1. The van der Waals surface area contributed by atoms with Gasteiger partial charge in [0.15, 0.2) is 0 Å². The number of likely N-dealkylation sites (tertiary alicyclic amines) is 1. The van der Waals surface area contributed by atoms with Crippen LogP contribution in [0.3, 0.4) is 0 Å². The number of nitrogens with zero attached hydrogens (tertiary/aromatic N) is 1. The fourth-order valence-electron chi connectivity index (χ4n) is 3.94. The smallest absolute Gasteiger partial charge is 0.264 e. The largest absolute Gasteiger partial charge is 0.488 e. The average molecular weight is 456 g/mol. The van der Waals surface area contributed by atoms with E-state index in [0.717, 1.165) is 35.1 Å². The van der Waals surface area contributed by atoms with Gasteiger partial charge in [-0.3, -0.25) is 14.5 Å². The van der Waals surface area contributed by atoms with Crippen molar-refractivity contribution in [3.63, 3.8) is 0 Å². The van der Waals surface area contributed by atoms with E-state index in [4.69, 9.17) is 9.47 Å². The summed E-state index contributed by atoms with van der Waals surface area (Å²) in [6, 6.07) is 23.1. The van der Waals surface area contributed by atoms with Gasteiger partial charge in [0.1, 0.15) is 24.7 Å². The molecule has 0 saturated carbocycles. The molecule has 0 atom stereocenters. The summed E-state index contributed by atoms with van der Waals surface area (Å²) in [7, 11) is 0. The minimum absolute atomic E-state index is 0.147. The molecule has 0 aromatic heterocycles. The van der Waals surface area contributed by atoms with Gasteiger partial charge in [-0.05, 0) is 42.5 Å². The number of piperidine rings is 1. The molecule has 1 heterocycles. The monoisotopic (exact) mass is 455 g/mol. The zero-order chi connectivity index (χ0) is 23.9. The number of rotatable bonds is 8. The molecule has 0 spiro atoms. The predicted octanol–water partition coefficient (Wildman–Crippen LogP) is 6.03. The first-order valence-electron chi connectivity index (χ1n) is 11.5. The molecule has 0 N–H and O–H groups in total. The molecule has 1 aliphatic heterocycles. The molecule has 0 radical (unpaired) electrons. The van der Waals surface area contributed by atoms with E-state index >= 15 is 0 Å². The van der Waals surface area contributed by atoms with Gasteiger partial charge in [-0.25, -0.2) is 0 Å². The summed E-state index contributed by atoms with van der Waals surface area (Å²) >= 11 is 0. The first kappa shape index (κ1) is 23.3. The lowest BCUT2D eigenvalue weighted by Crippen LogP contribution is -2.40. The molecule has 34 heavy (non-hydrogen) atoms. The Labute approximate surface area is 200 Å². The summed E-state index contributed by atoms with van der Waals surface area (Å²) < 4.78 is 12.3. The third kappa shape index (κ3) is 5.54. The number of hydrogen-bond donors (Lipinski definition) is 0. The van der Waals surface area contributed by atoms with Crippen molar-refractivity contribution < 1.29 is 19.1 Å². The van der Waals surface area contributed by atoms with Gasteiger partial charge in [0.25, 0.3) is 5.91 Å². The van der Waals surface area contributed by atoms with Crippen molar-refractivity contribution in [2.24, 2.45) is 0 Å². The van der Waals surface area contributed by atoms with E-state index < -0.39 is 0 Å². The summed E-state index contributed by atoms with van der Waals surface area (Å²) in [4.78, 5) is 27.3. The van der Waals surface area contributed by atoms with Crippen LogP contribution in [0.25, 0.3) is 5.57 Å². The highest BCUT2D eigenvalue weighted by Gasteiger charge is 2.29. The Balaban J connectivity index is 1.69. The normalized spacial score (nSPS) is 13.4. The molecule has 3 aromatic carbocycles. The van der Waals surface area contributed by atoms with Gasteiger partial charge >= 0.3 is 0 Å². The first-order valence-corrected chi connectivity index (χ1v) is 11.5. The zero-order valence-corrected chi connectivity index (χ0v) is 19.5. The summed E-state index contributed by atoms with van der Waals surface area (Å²) in [5.74, 6) is 0.484. The molecule has 5 nitrogen and oxygen atoms in total. The minimum atomic E-state index is -0.343. The van der Waals surface area contributed by atoms with Crippen LogP contribution >= 0.6 is 0 Å². The number of carbonyl (C=O) groups is 2. The van der Waals surface area contributed by atoms with Crippen LogP contribution in [0.2, 0.25) is 0 Å². The van der Waals surface area contributed by atoms with E-state index in [1.165, 1.54) is 4.90 Å². The maximum Gasteiger partial charge on any atom is 0.264 e. The highest BCUT2D eigenvalue weighted by molar-refractivity contribution is 6.07. The van der Waals surface area contributed by atoms with E-state index in [2.05, 4.69) is 6.58 Å². The summed E-state index contributed by atoms with van der Waals surface area (Å²) in [5, 5.41) is 0. The quantitative estimate of drug-likeness (QED) is 0.389. The number of benzene rings is 3. The van der Waals surface area contributed by atoms with Crippen molar-refractivity contribution in [2.45, 2.75) is 39.4 Å². The van der Waals surface area contributed by atoms with Gasteiger partial charge in [0, 0.05) is 24.6 Å². The van der Waals surface area contributed by atoms with Crippen LogP contribution < -0.4 is 9.47 Å². The van der Waals surface area contributed by atoms with Crippen molar-refractivity contribution >= 4 is 17.4 Å². The topological polar surface area (TPSA) is 55.8 Å². The third-order valence-electron chi connectivity index (χ3n) is 5.81. The van der Waals surface area contributed by atoms with Gasteiger partial charge in [-0.15, -0.1) is 0 Å². The molecule has 4 rings (SSSR count). The lowest BCUT2D eigenvalue weighted by molar-refractivity contribution is -0.130. The molecule has 5 heteroatoms. The summed E-state index contributed by atoms with van der Waals surface area (Å²) in [5.41, 5.74) is 3.83. The minimum Gasteiger partial charge on any atom is -0.488 e. The van der Waals surface area contributed by atoms with Gasteiger partial charge < -0.3 is 9.47 Å². The zero-order valence-electron chi connectivity index (χ0n) is 19.5. The fourth-order valence-corrected chi connectivity index (χ4v) is 3.94. The molecule has 0 unspecified atom stereocenters. The van der Waals surface area contributed by atoms with Crippen LogP contribution in [0.15, 0.2) is 79.4 Å². The standard InChI is InChI=1S/C29H29NO4/c1-21(2)24-17-25(29(32)30-16-10-9-15-28(30)31)27(34-20-23-13-7-4-8-14-23)18-26(24)33-19-22-11-5-3-6-12-22/h3-8,11-14,17-18H,1,9-10,15-16,19-20H2,2H3. The van der Waals surface area contributed by atoms with E-state index in [1.54, 1.807) is 12.1 Å². The van der Waals surface area contributed by atoms with Crippen molar-refractivity contribution in [3.8, 4) is 11.5 Å². The number of imide groups is 1. The van der Waals surface area contributed by atoms with Gasteiger partial charge in [0.2, 0.25) is 5.91 Å². The SMILES string of the molecule is C=C(C)c1cc(C(=O)N2CCCCC2=O)c(OCc2ccccc2)cc1OCc1ccccc1. The van der Waals surface area contributed by atoms with Crippen molar-refractivity contribution in [1.82, 2.24) is 4.90 Å². The Morgan fingerprint density at radius 2 is 1.41 bits per heavy atom. The van der Waals surface area contributed by atoms with Crippen molar-refractivity contribution in [1.29, 1.82) is 0 Å². The first-order chi connectivity index (χ1) is 16.5. The number of ether oxygens (including phenoxy) is 2. The second-order valence-corrected chi connectivity index (χ2v) is 8.48. The van der Waals surface area contributed by atoms with E-state index in [9.17, 15) is 9.59 Å². The predicted molar refractivity (Wildman–Crippen MR) is 133 cm³/mol. The van der Waals surface area contributed by atoms with E-state index in [0.29, 0.717) is 43.2 Å². The second kappa shape index (κ2) is 10.8. The van der Waals surface area contributed by atoms with Gasteiger partial charge in [0.05, 0.1) is 5.56 Å². The number of hydrogen-bond acceptors (Lipinski definition) is 4. The van der Waals surface area contributed by atoms with Crippen molar-refractivity contribution in [2.75, 3.05) is 6.54 Å². The van der Waals surface area contributed by atoms with Crippen molar-refractivity contribution in [3.05, 3.63) is 102 Å². The molecule has 1 aliphatic rings. The molecule has 1 saturated heterocycles. The Hall–Kier alpha value is -3.86. The Morgan fingerprint density at radius 3 is 1.94 bits per heavy atom. The van der Waals surface area contributed by atoms with Crippen LogP contribution in [0.4, 0.5) is 0 Å². The Kier molecular flexibility index (Phi) is 7.43. The van der Waals surface area contributed by atoms with Crippen LogP contribution in [-0.2, 0) is 18.0 Å². The maximum absolute atomic E-state index is 13.5. The lowest BCUT2D eigenvalue weighted by Gasteiger charge is -2.26. The fraction of sp³-hybridized carbons (Fsp3) is 0.241. The van der Waals surface area contributed by atoms with Crippen LogP contribution in [0.1, 0.15) is 53.2 Å². The molecular weight excluding hydrogens is 426 g/mol. The molecule has 1 fully saturated rings. The molecule has 0 aliphatic carbocycles. The maximum atomic E-state index is 13.5. The van der Waals surface area contributed by atoms with Gasteiger partial charge in [-0.2, -0.15) is 0 Å². The summed E-state index contributed by atoms with van der Waals surface area (Å²) in [6.07, 6.45) is 2.00. The highest BCUT2D eigenvalue weighted by Crippen LogP contribution is 2.35. The molecule has 174 valence electrons. The van der Waals surface area contributed by atoms with E-state index in [-0.39, 0.29) is 11.8 Å². The molecule has 0 bridgehead atoms. The van der Waals surface area contributed by atoms with Crippen LogP contribution in [-0.4, -0.2) is 23.3 Å². The Morgan fingerprint density at radius 1 is 0.853 bits per heavy atom. The second-order valence-electron chi connectivity index (χ2n) is 8.48. The molecule has 2 amide bonds. The summed E-state index contributed by atoms with van der Waals surface area (Å²) in [6.45, 7) is 7.03. The third-order valence-corrected chi connectivity index (χ3v) is 5.81. The highest BCUT2D eigenvalue weighted by atomic mass is 16.5. The number of amides is 2.